The number of anilines is 1. The lowest BCUT2D eigenvalue weighted by atomic mass is 10.3. The average molecular weight is 373 g/mol. The van der Waals surface area contributed by atoms with Crippen LogP contribution in [-0.2, 0) is 21.1 Å². The predicted octanol–water partition coefficient (Wildman–Crippen LogP) is 0.999. The number of aromatic nitrogens is 2. The first-order chi connectivity index (χ1) is 10.7. The molecule has 1 aromatic rings. The van der Waals surface area contributed by atoms with Gasteiger partial charge < -0.3 is 10.0 Å². The number of halogens is 4. The summed E-state index contributed by atoms with van der Waals surface area (Å²) in [6.45, 7) is -0.292. The summed E-state index contributed by atoms with van der Waals surface area (Å²) in [5.41, 5.74) is 0.269. The van der Waals surface area contributed by atoms with Crippen LogP contribution >= 0.6 is 11.6 Å². The first kappa shape index (κ1) is 17.9. The van der Waals surface area contributed by atoms with E-state index in [1.165, 1.54) is 6.33 Å². The number of rotatable bonds is 2. The van der Waals surface area contributed by atoms with Gasteiger partial charge in [-0.3, -0.25) is 4.79 Å². The third-order valence-electron chi connectivity index (χ3n) is 3.18. The summed E-state index contributed by atoms with van der Waals surface area (Å²) in [6.07, 6.45) is -3.95. The normalized spacial score (nSPS) is 17.9. The van der Waals surface area contributed by atoms with Gasteiger partial charge in [0.15, 0.2) is 0 Å². The Hall–Kier alpha value is -1.46. The summed E-state index contributed by atoms with van der Waals surface area (Å²) < 4.78 is 51.8. The maximum atomic E-state index is 12.2. The highest BCUT2D eigenvalue weighted by molar-refractivity contribution is 7.94. The third-order valence-corrected chi connectivity index (χ3v) is 5.65. The largest absolute Gasteiger partial charge is 0.474 e. The quantitative estimate of drug-likeness (QED) is 0.778. The molecular formula is C11H12ClF3N4O3S. The van der Waals surface area contributed by atoms with E-state index >= 15 is 0 Å². The van der Waals surface area contributed by atoms with Gasteiger partial charge in [0.25, 0.3) is 0 Å². The molecule has 2 heterocycles. The van der Waals surface area contributed by atoms with Crippen molar-refractivity contribution in [1.29, 1.82) is 0 Å². The third kappa shape index (κ3) is 4.09. The number of hydrogen-bond donors (Lipinski definition) is 1. The number of aliphatic hydroxyl groups excluding tert-OH is 1. The van der Waals surface area contributed by atoms with Gasteiger partial charge in [0.05, 0.1) is 21.9 Å². The molecule has 0 aromatic carbocycles. The van der Waals surface area contributed by atoms with Crippen molar-refractivity contribution in [2.24, 2.45) is 4.36 Å². The van der Waals surface area contributed by atoms with E-state index in [-0.39, 0.29) is 35.3 Å². The van der Waals surface area contributed by atoms with Gasteiger partial charge in [0.2, 0.25) is 0 Å². The van der Waals surface area contributed by atoms with Crippen LogP contribution < -0.4 is 4.90 Å². The fourth-order valence-electron chi connectivity index (χ4n) is 2.02. The number of nitrogens with zero attached hydrogens (tertiary/aromatic N) is 4. The Morgan fingerprint density at radius 1 is 1.39 bits per heavy atom. The summed E-state index contributed by atoms with van der Waals surface area (Å²) >= 11 is 5.84. The summed E-state index contributed by atoms with van der Waals surface area (Å²) in [5.74, 6) is -2.46. The number of amides is 1. The lowest BCUT2D eigenvalue weighted by Crippen LogP contribution is -2.42. The van der Waals surface area contributed by atoms with Crippen molar-refractivity contribution < 1.29 is 27.3 Å². The molecule has 1 N–H and O–H groups in total. The van der Waals surface area contributed by atoms with Gasteiger partial charge in [-0.2, -0.15) is 17.5 Å². The lowest BCUT2D eigenvalue weighted by molar-refractivity contribution is -0.169. The number of carbonyl (C=O) groups is 1. The van der Waals surface area contributed by atoms with Gasteiger partial charge in [0, 0.05) is 24.6 Å². The van der Waals surface area contributed by atoms with Gasteiger partial charge in [-0.25, -0.2) is 14.2 Å². The molecule has 2 rings (SSSR count). The molecule has 1 aromatic heterocycles. The second-order valence-electron chi connectivity index (χ2n) is 4.69. The molecule has 1 saturated heterocycles. The van der Waals surface area contributed by atoms with Crippen LogP contribution in [0.15, 0.2) is 10.7 Å². The maximum Gasteiger partial charge on any atom is 0.474 e. The number of carbonyl (C=O) groups excluding carboxylic acids is 1. The lowest BCUT2D eigenvalue weighted by Gasteiger charge is -2.30. The SMILES string of the molecule is O=C(N=S1(=O)CCN(c2ncnc(Cl)c2CO)CC1)C(F)(F)F. The summed E-state index contributed by atoms with van der Waals surface area (Å²) in [5, 5.41) is 9.36. The van der Waals surface area contributed by atoms with Crippen LogP contribution in [0.25, 0.3) is 0 Å². The summed E-state index contributed by atoms with van der Waals surface area (Å²) in [4.78, 5) is 20.2. The molecule has 0 bridgehead atoms. The molecule has 0 spiro atoms. The Kier molecular flexibility index (Phi) is 5.11. The smallest absolute Gasteiger partial charge is 0.391 e. The van der Waals surface area contributed by atoms with Gasteiger partial charge in [-0.15, -0.1) is 0 Å². The Morgan fingerprint density at radius 3 is 2.52 bits per heavy atom. The zero-order valence-corrected chi connectivity index (χ0v) is 13.2. The molecule has 0 unspecified atom stereocenters. The van der Waals surface area contributed by atoms with Crippen LogP contribution in [0, 0.1) is 0 Å². The zero-order valence-electron chi connectivity index (χ0n) is 11.6. The minimum absolute atomic E-state index is 0.0562. The summed E-state index contributed by atoms with van der Waals surface area (Å²) in [7, 11) is -3.27. The minimum Gasteiger partial charge on any atom is -0.391 e. The predicted molar refractivity (Wildman–Crippen MR) is 76.5 cm³/mol. The molecule has 0 aliphatic carbocycles. The first-order valence-electron chi connectivity index (χ1n) is 6.35. The average Bonchev–Trinajstić information content (AvgIpc) is 2.46. The van der Waals surface area contributed by atoms with Crippen LogP contribution in [0.5, 0.6) is 0 Å². The minimum atomic E-state index is -5.13. The van der Waals surface area contributed by atoms with Crippen molar-refractivity contribution in [1.82, 2.24) is 9.97 Å². The summed E-state index contributed by atoms with van der Waals surface area (Å²) in [6, 6.07) is 0. The van der Waals surface area contributed by atoms with E-state index in [0.29, 0.717) is 5.82 Å². The van der Waals surface area contributed by atoms with E-state index in [0.717, 1.165) is 0 Å². The fraction of sp³-hybridized carbons (Fsp3) is 0.545. The molecule has 7 nitrogen and oxygen atoms in total. The molecule has 0 atom stereocenters. The van der Waals surface area contributed by atoms with E-state index in [4.69, 9.17) is 11.6 Å². The van der Waals surface area contributed by atoms with E-state index in [1.807, 2.05) is 0 Å². The molecule has 1 amide bonds. The molecule has 23 heavy (non-hydrogen) atoms. The monoisotopic (exact) mass is 372 g/mol. The van der Waals surface area contributed by atoms with E-state index in [2.05, 4.69) is 14.3 Å². The molecule has 0 radical (unpaired) electrons. The molecule has 12 heteroatoms. The Morgan fingerprint density at radius 2 is 2.00 bits per heavy atom. The van der Waals surface area contributed by atoms with Gasteiger partial charge >= 0.3 is 12.1 Å². The van der Waals surface area contributed by atoms with E-state index in [9.17, 15) is 27.3 Å². The zero-order chi connectivity index (χ0) is 17.3. The van der Waals surface area contributed by atoms with E-state index < -0.39 is 28.4 Å². The first-order valence-corrected chi connectivity index (χ1v) is 8.58. The molecule has 1 aliphatic rings. The molecule has 128 valence electrons. The van der Waals surface area contributed by atoms with Crippen molar-refractivity contribution in [2.75, 3.05) is 29.5 Å². The van der Waals surface area contributed by atoms with Crippen molar-refractivity contribution >= 4 is 33.1 Å². The van der Waals surface area contributed by atoms with Crippen molar-refractivity contribution in [3.8, 4) is 0 Å². The number of aliphatic hydroxyl groups is 1. The topological polar surface area (TPSA) is 95.8 Å². The Labute approximate surface area is 134 Å². The van der Waals surface area contributed by atoms with Gasteiger partial charge in [0.1, 0.15) is 17.3 Å². The fourth-order valence-corrected chi connectivity index (χ4v) is 4.01. The van der Waals surface area contributed by atoms with Crippen LogP contribution in [0.2, 0.25) is 5.15 Å². The second kappa shape index (κ2) is 6.57. The Bertz CT molecular complexity index is 720. The molecular weight excluding hydrogens is 361 g/mol. The van der Waals surface area contributed by atoms with E-state index in [1.54, 1.807) is 4.90 Å². The second-order valence-corrected chi connectivity index (χ2v) is 7.59. The standard InChI is InChI=1S/C11H12ClF3N4O3S/c12-8-7(5-20)9(17-6-16-8)19-1-3-23(22,4-2-19)18-10(21)11(13,14)15/h6,20H,1-5H2. The maximum absolute atomic E-state index is 12.2. The van der Waals surface area contributed by atoms with Gasteiger partial charge in [-0.1, -0.05) is 11.6 Å². The molecule has 1 fully saturated rings. The number of hydrogen-bond acceptors (Lipinski definition) is 6. The van der Waals surface area contributed by atoms with Crippen LogP contribution in [0.4, 0.5) is 19.0 Å². The van der Waals surface area contributed by atoms with Crippen LogP contribution in [-0.4, -0.2) is 56.0 Å². The van der Waals surface area contributed by atoms with Crippen molar-refractivity contribution in [2.45, 2.75) is 12.8 Å². The molecule has 1 aliphatic heterocycles. The number of alkyl halides is 3. The van der Waals surface area contributed by atoms with Crippen molar-refractivity contribution in [3.05, 3.63) is 17.0 Å². The highest BCUT2D eigenvalue weighted by Gasteiger charge is 2.40. The van der Waals surface area contributed by atoms with Gasteiger partial charge in [-0.05, 0) is 0 Å². The van der Waals surface area contributed by atoms with Crippen molar-refractivity contribution in [3.63, 3.8) is 0 Å². The Balaban J connectivity index is 2.19. The molecule has 0 saturated carbocycles. The van der Waals surface area contributed by atoms with Crippen LogP contribution in [0.1, 0.15) is 5.56 Å². The highest BCUT2D eigenvalue weighted by Crippen LogP contribution is 2.25. The highest BCUT2D eigenvalue weighted by atomic mass is 35.5. The van der Waals surface area contributed by atoms with Crippen LogP contribution in [0.3, 0.4) is 0 Å².